The molecule has 1 spiro atoms. The van der Waals surface area contributed by atoms with Crippen molar-refractivity contribution in [2.24, 2.45) is 53.3 Å². The first-order valence-corrected chi connectivity index (χ1v) is 21.2. The van der Waals surface area contributed by atoms with E-state index in [0.717, 1.165) is 19.3 Å². The molecule has 0 aromatic carbocycles. The Kier molecular flexibility index (Phi) is 17.7. The summed E-state index contributed by atoms with van der Waals surface area (Å²) in [5.41, 5.74) is -2.18. The topological polar surface area (TPSA) is 180 Å². The predicted molar refractivity (Wildman–Crippen MR) is 215 cm³/mol. The first-order chi connectivity index (χ1) is 26.1. The van der Waals surface area contributed by atoms with Gasteiger partial charge in [-0.25, -0.2) is 4.79 Å². The Labute approximate surface area is 336 Å². The zero-order valence-corrected chi connectivity index (χ0v) is 35.8. The molecule has 11 heteroatoms. The van der Waals surface area contributed by atoms with Crippen LogP contribution in [0.3, 0.4) is 0 Å². The van der Waals surface area contributed by atoms with Gasteiger partial charge in [-0.1, -0.05) is 92.7 Å². The first-order valence-electron chi connectivity index (χ1n) is 21.2. The number of hydrogen-bond donors (Lipinski definition) is 5. The predicted octanol–water partition coefficient (Wildman–Crippen LogP) is 5.88. The van der Waals surface area contributed by atoms with Crippen LogP contribution < -0.4 is 0 Å². The summed E-state index contributed by atoms with van der Waals surface area (Å²) >= 11 is 0. The summed E-state index contributed by atoms with van der Waals surface area (Å²) in [6, 6.07) is 0. The van der Waals surface area contributed by atoms with E-state index in [0.29, 0.717) is 25.7 Å². The second kappa shape index (κ2) is 20.6. The molecule has 320 valence electrons. The van der Waals surface area contributed by atoms with Crippen molar-refractivity contribution in [1.29, 1.82) is 0 Å². The van der Waals surface area contributed by atoms with Gasteiger partial charge >= 0.3 is 5.97 Å². The maximum absolute atomic E-state index is 13.5. The van der Waals surface area contributed by atoms with E-state index >= 15 is 0 Å². The van der Waals surface area contributed by atoms with Gasteiger partial charge in [-0.2, -0.15) is 0 Å². The third-order valence-electron chi connectivity index (χ3n) is 13.4. The molecule has 0 aliphatic carbocycles. The van der Waals surface area contributed by atoms with Crippen molar-refractivity contribution in [3.63, 3.8) is 0 Å². The lowest BCUT2D eigenvalue weighted by Crippen LogP contribution is -2.62. The number of carbonyl (C=O) groups is 3. The van der Waals surface area contributed by atoms with Crippen molar-refractivity contribution in [3.8, 4) is 0 Å². The second-order valence-electron chi connectivity index (χ2n) is 18.0. The maximum atomic E-state index is 13.5. The highest BCUT2D eigenvalue weighted by molar-refractivity contribution is 5.91. The molecule has 3 heterocycles. The van der Waals surface area contributed by atoms with Crippen LogP contribution in [0.15, 0.2) is 36.5 Å². The minimum absolute atomic E-state index is 0.168. The summed E-state index contributed by atoms with van der Waals surface area (Å²) in [7, 11) is 0. The number of allylic oxidation sites excluding steroid dienone is 4. The molecule has 56 heavy (non-hydrogen) atoms. The Morgan fingerprint density at radius 3 is 2.11 bits per heavy atom. The van der Waals surface area contributed by atoms with Gasteiger partial charge in [0.25, 0.3) is 0 Å². The summed E-state index contributed by atoms with van der Waals surface area (Å²) in [5, 5.41) is 55.0. The van der Waals surface area contributed by atoms with Crippen LogP contribution in [-0.4, -0.2) is 97.2 Å². The van der Waals surface area contributed by atoms with E-state index in [-0.39, 0.29) is 35.9 Å². The Hall–Kier alpha value is -2.25. The van der Waals surface area contributed by atoms with Crippen LogP contribution in [0.2, 0.25) is 0 Å². The molecule has 0 aromatic heterocycles. The summed E-state index contributed by atoms with van der Waals surface area (Å²) < 4.78 is 20.0. The smallest absolute Gasteiger partial charge is 0.330 e. The molecule has 2 saturated heterocycles. The Morgan fingerprint density at radius 1 is 0.839 bits per heavy atom. The minimum atomic E-state index is -2.18. The molecule has 2 fully saturated rings. The molecule has 3 rings (SSSR count). The number of rotatable bonds is 3. The Bertz CT molecular complexity index is 1390. The molecule has 3 aliphatic heterocycles. The fraction of sp³-hybridized carbons (Fsp3) is 0.800. The van der Waals surface area contributed by atoms with E-state index in [4.69, 9.17) is 14.2 Å². The SMILES string of the molecule is CC[C@@H]1/C=C/C=C/C[C@H](C)[C@H](O)[C@](C)(O)C(=O)[C@H](C)[C@H](O)[C@H](C)C(=O)[C@H](C)[C@@H](O)[C@H](C)/C=C/C(=O)O[C@H]2[C@@H](C)[C@@H](CC1)O[C@@]1(CC[C@@H](C)[C@@H](C[C@H](C)O)O1)[C@@H]2C. The van der Waals surface area contributed by atoms with E-state index in [9.17, 15) is 39.9 Å². The van der Waals surface area contributed by atoms with Gasteiger partial charge in [0, 0.05) is 48.0 Å². The van der Waals surface area contributed by atoms with Crippen LogP contribution in [0.5, 0.6) is 0 Å². The highest BCUT2D eigenvalue weighted by Gasteiger charge is 2.56. The van der Waals surface area contributed by atoms with Gasteiger partial charge in [0.1, 0.15) is 17.5 Å². The van der Waals surface area contributed by atoms with Gasteiger partial charge in [-0.15, -0.1) is 0 Å². The van der Waals surface area contributed by atoms with E-state index < -0.39 is 89.0 Å². The minimum Gasteiger partial charge on any atom is -0.458 e. The molecule has 2 bridgehead atoms. The highest BCUT2D eigenvalue weighted by atomic mass is 16.7. The van der Waals surface area contributed by atoms with E-state index in [1.165, 1.54) is 39.8 Å². The van der Waals surface area contributed by atoms with Gasteiger partial charge in [0.05, 0.1) is 36.6 Å². The lowest BCUT2D eigenvalue weighted by Gasteiger charge is -2.55. The number of aliphatic hydroxyl groups is 5. The Balaban J connectivity index is 1.99. The van der Waals surface area contributed by atoms with E-state index in [1.54, 1.807) is 20.8 Å². The fourth-order valence-corrected chi connectivity index (χ4v) is 9.01. The molecule has 0 radical (unpaired) electrons. The molecule has 0 amide bonds. The number of hydrogen-bond acceptors (Lipinski definition) is 11. The molecular weight excluding hydrogens is 716 g/mol. The van der Waals surface area contributed by atoms with Crippen LogP contribution in [0.25, 0.3) is 0 Å². The van der Waals surface area contributed by atoms with Crippen molar-refractivity contribution in [1.82, 2.24) is 0 Å². The van der Waals surface area contributed by atoms with Crippen molar-refractivity contribution >= 4 is 17.5 Å². The molecular formula is C45H74O11. The van der Waals surface area contributed by atoms with Crippen LogP contribution >= 0.6 is 0 Å². The third-order valence-corrected chi connectivity index (χ3v) is 13.4. The molecule has 3 aliphatic rings. The summed E-state index contributed by atoms with van der Waals surface area (Å²) in [5.74, 6) is -7.28. The van der Waals surface area contributed by atoms with Crippen LogP contribution in [-0.2, 0) is 28.6 Å². The van der Waals surface area contributed by atoms with Gasteiger partial charge < -0.3 is 39.7 Å². The van der Waals surface area contributed by atoms with Crippen LogP contribution in [0, 0.1) is 53.3 Å². The van der Waals surface area contributed by atoms with Crippen molar-refractivity contribution in [2.45, 2.75) is 175 Å². The molecule has 18 atom stereocenters. The molecule has 0 saturated carbocycles. The molecule has 0 aromatic rings. The van der Waals surface area contributed by atoms with Crippen molar-refractivity contribution in [3.05, 3.63) is 36.5 Å². The molecule has 11 nitrogen and oxygen atoms in total. The van der Waals surface area contributed by atoms with E-state index in [2.05, 4.69) is 19.9 Å². The zero-order valence-electron chi connectivity index (χ0n) is 35.8. The summed E-state index contributed by atoms with van der Waals surface area (Å²) in [6.45, 7) is 19.1. The van der Waals surface area contributed by atoms with Crippen LogP contribution in [0.4, 0.5) is 0 Å². The highest BCUT2D eigenvalue weighted by Crippen LogP contribution is 2.49. The molecule has 5 N–H and O–H groups in total. The lowest BCUT2D eigenvalue weighted by atomic mass is 9.74. The van der Waals surface area contributed by atoms with Crippen molar-refractivity contribution in [2.75, 3.05) is 0 Å². The Morgan fingerprint density at radius 2 is 1.48 bits per heavy atom. The normalized spacial score (nSPS) is 46.8. The maximum Gasteiger partial charge on any atom is 0.330 e. The van der Waals surface area contributed by atoms with Gasteiger partial charge in [-0.3, -0.25) is 9.59 Å². The zero-order chi connectivity index (χ0) is 42.3. The quantitative estimate of drug-likeness (QED) is 0.216. The number of ether oxygens (including phenoxy) is 3. The number of ketones is 2. The monoisotopic (exact) mass is 791 g/mol. The fourth-order valence-electron chi connectivity index (χ4n) is 9.01. The van der Waals surface area contributed by atoms with E-state index in [1.807, 2.05) is 32.1 Å². The van der Waals surface area contributed by atoms with Gasteiger partial charge in [0.2, 0.25) is 0 Å². The third kappa shape index (κ3) is 11.5. The van der Waals surface area contributed by atoms with Gasteiger partial charge in [-0.05, 0) is 70.1 Å². The number of aliphatic hydroxyl groups excluding tert-OH is 4. The molecule has 0 unspecified atom stereocenters. The number of Topliss-reactive ketones (excluding diaryl/α,β-unsaturated/α-hetero) is 2. The standard InChI is InChI=1S/C45H74O11/c1-12-34-17-15-13-14-16-27(4)42(51)44(11,53)43(52)32(9)40(50)31(8)39(49)30(7)38(48)26(3)18-21-37(47)54-41-29(6)35(20-19-34)55-45(33(41)10)23-22-25(2)36(56-45)24-28(5)46/h13-15,17-18,21,25-36,38,40-42,46,48,50-51,53H,12,16,19-20,22-24H2,1-11H3/b14-13+,17-15+,21-18+/t25-,26-,27+,28+,29+,30-,31-,32-,33-,34-,35-,36-,38+,40-,41+,42+,44+,45-/m1/s1. The number of esters is 1. The summed E-state index contributed by atoms with van der Waals surface area (Å²) in [6.07, 6.45) is 9.62. The average molecular weight is 791 g/mol. The second-order valence-corrected chi connectivity index (χ2v) is 18.0. The number of carbonyl (C=O) groups excluding carboxylic acids is 3. The summed E-state index contributed by atoms with van der Waals surface area (Å²) in [4.78, 5) is 40.5. The van der Waals surface area contributed by atoms with Gasteiger partial charge in [0.15, 0.2) is 11.6 Å². The number of fused-ring (bicyclic) bond motifs is 2. The largest absolute Gasteiger partial charge is 0.458 e. The lowest BCUT2D eigenvalue weighted by molar-refractivity contribution is -0.371. The van der Waals surface area contributed by atoms with Crippen LogP contribution in [0.1, 0.15) is 121 Å². The average Bonchev–Trinajstić information content (AvgIpc) is 3.16. The van der Waals surface area contributed by atoms with Crippen molar-refractivity contribution < 1.29 is 54.1 Å². The first kappa shape index (κ1) is 48.1.